The zero-order valence-electron chi connectivity index (χ0n) is 15.0. The van der Waals surface area contributed by atoms with Crippen LogP contribution in [0.2, 0.25) is 0 Å². The average molecular weight is 366 g/mol. The second-order valence-electron chi connectivity index (χ2n) is 7.17. The molecule has 3 aliphatic heterocycles. The Morgan fingerprint density at radius 1 is 0.963 bits per heavy atom. The van der Waals surface area contributed by atoms with Gasteiger partial charge < -0.3 is 19.1 Å². The second-order valence-corrected chi connectivity index (χ2v) is 7.17. The number of benzene rings is 2. The van der Waals surface area contributed by atoms with Crippen LogP contribution in [-0.2, 0) is 4.74 Å². The topological polar surface area (TPSA) is 51.2 Å². The maximum absolute atomic E-state index is 13.0. The lowest BCUT2D eigenvalue weighted by Gasteiger charge is -2.48. The quantitative estimate of drug-likeness (QED) is 0.816. The van der Waals surface area contributed by atoms with Crippen molar-refractivity contribution in [1.82, 2.24) is 9.80 Å². The van der Waals surface area contributed by atoms with Crippen molar-refractivity contribution in [1.29, 1.82) is 0 Å². The fourth-order valence-corrected chi connectivity index (χ4v) is 4.20. The van der Waals surface area contributed by atoms with Crippen LogP contribution < -0.4 is 9.47 Å². The van der Waals surface area contributed by atoms with Gasteiger partial charge in [-0.1, -0.05) is 30.3 Å². The van der Waals surface area contributed by atoms with Crippen molar-refractivity contribution < 1.29 is 19.0 Å². The summed E-state index contributed by atoms with van der Waals surface area (Å²) >= 11 is 0. The molecule has 3 heterocycles. The highest BCUT2D eigenvalue weighted by Crippen LogP contribution is 2.34. The molecule has 2 fully saturated rings. The maximum atomic E-state index is 13.0. The largest absolute Gasteiger partial charge is 0.454 e. The van der Waals surface area contributed by atoms with Crippen molar-refractivity contribution in [3.63, 3.8) is 0 Å². The van der Waals surface area contributed by atoms with E-state index in [1.165, 1.54) is 5.56 Å². The van der Waals surface area contributed by atoms with Crippen LogP contribution in [0, 0.1) is 0 Å². The molecule has 0 spiro atoms. The van der Waals surface area contributed by atoms with Gasteiger partial charge >= 0.3 is 0 Å². The van der Waals surface area contributed by atoms with Gasteiger partial charge in [0.25, 0.3) is 5.91 Å². The van der Waals surface area contributed by atoms with Crippen molar-refractivity contribution >= 4 is 5.91 Å². The second kappa shape index (κ2) is 6.87. The Hall–Kier alpha value is -2.57. The van der Waals surface area contributed by atoms with Crippen molar-refractivity contribution in [3.05, 3.63) is 59.7 Å². The number of piperazine rings is 1. The lowest BCUT2D eigenvalue weighted by molar-refractivity contribution is -0.0770. The van der Waals surface area contributed by atoms with Crippen molar-refractivity contribution in [3.8, 4) is 11.5 Å². The molecule has 0 radical (unpaired) electrons. The minimum absolute atomic E-state index is 0.0368. The van der Waals surface area contributed by atoms with Gasteiger partial charge in [0, 0.05) is 25.2 Å². The molecule has 3 aliphatic rings. The van der Waals surface area contributed by atoms with Gasteiger partial charge in [-0.3, -0.25) is 9.69 Å². The molecule has 2 saturated heterocycles. The van der Waals surface area contributed by atoms with E-state index in [0.717, 1.165) is 6.54 Å². The van der Waals surface area contributed by atoms with Crippen LogP contribution in [0.1, 0.15) is 22.0 Å². The SMILES string of the molecule is O=C(c1ccc2c(c1)OCO2)N1CCN2[C@@H](COC[C@@H]2c2ccccc2)C1. The van der Waals surface area contributed by atoms with Crippen LogP contribution >= 0.6 is 0 Å². The molecule has 0 saturated carbocycles. The Bertz CT molecular complexity index is 841. The fourth-order valence-electron chi connectivity index (χ4n) is 4.20. The molecule has 27 heavy (non-hydrogen) atoms. The third-order valence-electron chi connectivity index (χ3n) is 5.61. The van der Waals surface area contributed by atoms with Crippen molar-refractivity contribution in [2.24, 2.45) is 0 Å². The lowest BCUT2D eigenvalue weighted by Crippen LogP contribution is -2.60. The Labute approximate surface area is 158 Å². The molecular weight excluding hydrogens is 344 g/mol. The van der Waals surface area contributed by atoms with Crippen molar-refractivity contribution in [2.75, 3.05) is 39.6 Å². The number of amides is 1. The van der Waals surface area contributed by atoms with Gasteiger partial charge in [0.1, 0.15) is 0 Å². The number of nitrogens with zero attached hydrogens (tertiary/aromatic N) is 2. The van der Waals surface area contributed by atoms with Crippen LogP contribution in [0.5, 0.6) is 11.5 Å². The standard InChI is InChI=1S/C21H22N2O4/c24-21(16-6-7-19-20(10-16)27-14-26-19)22-8-9-23-17(11-22)12-25-13-18(23)15-4-2-1-3-5-15/h1-7,10,17-18H,8-9,11-14H2/t17-,18-/m1/s1. The highest BCUT2D eigenvalue weighted by Gasteiger charge is 2.37. The van der Waals surface area contributed by atoms with Gasteiger partial charge in [-0.05, 0) is 23.8 Å². The third kappa shape index (κ3) is 3.05. The Balaban J connectivity index is 1.31. The van der Waals surface area contributed by atoms with E-state index in [4.69, 9.17) is 14.2 Å². The summed E-state index contributed by atoms with van der Waals surface area (Å²) < 4.78 is 16.6. The van der Waals surface area contributed by atoms with Gasteiger partial charge in [0.2, 0.25) is 6.79 Å². The Morgan fingerprint density at radius 2 is 1.81 bits per heavy atom. The Kier molecular flexibility index (Phi) is 4.22. The van der Waals surface area contributed by atoms with E-state index in [1.54, 1.807) is 12.1 Å². The third-order valence-corrected chi connectivity index (χ3v) is 5.61. The molecule has 2 aromatic carbocycles. The highest BCUT2D eigenvalue weighted by atomic mass is 16.7. The minimum Gasteiger partial charge on any atom is -0.454 e. The predicted octanol–water partition coefficient (Wildman–Crippen LogP) is 2.31. The number of hydrogen-bond acceptors (Lipinski definition) is 5. The first kappa shape index (κ1) is 16.6. The van der Waals surface area contributed by atoms with Crippen LogP contribution in [0.4, 0.5) is 0 Å². The molecule has 140 valence electrons. The van der Waals surface area contributed by atoms with Crippen LogP contribution in [0.15, 0.2) is 48.5 Å². The maximum Gasteiger partial charge on any atom is 0.254 e. The summed E-state index contributed by atoms with van der Waals surface area (Å²) in [6.45, 7) is 3.82. The van der Waals surface area contributed by atoms with Crippen LogP contribution in [0.25, 0.3) is 0 Å². The summed E-state index contributed by atoms with van der Waals surface area (Å²) in [6.07, 6.45) is 0. The first-order valence-electron chi connectivity index (χ1n) is 9.37. The van der Waals surface area contributed by atoms with Crippen LogP contribution in [-0.4, -0.2) is 61.4 Å². The summed E-state index contributed by atoms with van der Waals surface area (Å²) in [7, 11) is 0. The molecule has 5 rings (SSSR count). The molecule has 2 aromatic rings. The number of hydrogen-bond donors (Lipinski definition) is 0. The average Bonchev–Trinajstić information content (AvgIpc) is 3.21. The molecule has 2 atom stereocenters. The number of carbonyl (C=O) groups is 1. The smallest absolute Gasteiger partial charge is 0.254 e. The van der Waals surface area contributed by atoms with E-state index >= 15 is 0 Å². The fraction of sp³-hybridized carbons (Fsp3) is 0.381. The van der Waals surface area contributed by atoms with Gasteiger partial charge in [0.05, 0.1) is 25.3 Å². The van der Waals surface area contributed by atoms with Gasteiger partial charge in [0.15, 0.2) is 11.5 Å². The summed E-state index contributed by atoms with van der Waals surface area (Å²) in [5, 5.41) is 0. The van der Waals surface area contributed by atoms with E-state index in [-0.39, 0.29) is 24.8 Å². The molecule has 6 nitrogen and oxygen atoms in total. The summed E-state index contributed by atoms with van der Waals surface area (Å²) in [6, 6.07) is 16.3. The van der Waals surface area contributed by atoms with Gasteiger partial charge in [-0.25, -0.2) is 0 Å². The van der Waals surface area contributed by atoms with Gasteiger partial charge in [-0.15, -0.1) is 0 Å². The highest BCUT2D eigenvalue weighted by molar-refractivity contribution is 5.95. The number of carbonyl (C=O) groups excluding carboxylic acids is 1. The molecule has 0 unspecified atom stereocenters. The number of ether oxygens (including phenoxy) is 3. The molecule has 6 heteroatoms. The lowest BCUT2D eigenvalue weighted by atomic mass is 10.00. The van der Waals surface area contributed by atoms with E-state index in [9.17, 15) is 4.79 Å². The van der Waals surface area contributed by atoms with Crippen molar-refractivity contribution in [2.45, 2.75) is 12.1 Å². The van der Waals surface area contributed by atoms with E-state index in [2.05, 4.69) is 29.2 Å². The number of rotatable bonds is 2. The molecule has 0 aromatic heterocycles. The molecule has 0 bridgehead atoms. The van der Waals surface area contributed by atoms with E-state index in [1.807, 2.05) is 17.0 Å². The predicted molar refractivity (Wildman–Crippen MR) is 99.0 cm³/mol. The number of morpholine rings is 1. The zero-order chi connectivity index (χ0) is 18.2. The molecule has 0 aliphatic carbocycles. The Morgan fingerprint density at radius 3 is 2.70 bits per heavy atom. The zero-order valence-corrected chi connectivity index (χ0v) is 15.0. The van der Waals surface area contributed by atoms with E-state index < -0.39 is 0 Å². The monoisotopic (exact) mass is 366 g/mol. The molecule has 0 N–H and O–H groups in total. The molecule has 1 amide bonds. The first-order valence-corrected chi connectivity index (χ1v) is 9.37. The summed E-state index contributed by atoms with van der Waals surface area (Å²) in [5.74, 6) is 1.38. The van der Waals surface area contributed by atoms with E-state index in [0.29, 0.717) is 43.4 Å². The summed E-state index contributed by atoms with van der Waals surface area (Å²) in [4.78, 5) is 17.4. The normalized spacial score (nSPS) is 24.5. The van der Waals surface area contributed by atoms with Gasteiger partial charge in [-0.2, -0.15) is 0 Å². The minimum atomic E-state index is 0.0368. The molecular formula is C21H22N2O4. The summed E-state index contributed by atoms with van der Waals surface area (Å²) in [5.41, 5.74) is 1.92. The van der Waals surface area contributed by atoms with Crippen LogP contribution in [0.3, 0.4) is 0 Å². The number of fused-ring (bicyclic) bond motifs is 2. The first-order chi connectivity index (χ1) is 13.3.